The van der Waals surface area contributed by atoms with E-state index in [0.717, 1.165) is 64.5 Å². The van der Waals surface area contributed by atoms with Crippen LogP contribution in [-0.2, 0) is 4.74 Å². The summed E-state index contributed by atoms with van der Waals surface area (Å²) in [6.45, 7) is 6.77. The van der Waals surface area contributed by atoms with E-state index in [1.807, 2.05) is 47.4 Å². The number of ether oxygens (including phenoxy) is 1. The van der Waals surface area contributed by atoms with Gasteiger partial charge in [-0.2, -0.15) is 0 Å². The summed E-state index contributed by atoms with van der Waals surface area (Å²) in [4.78, 5) is 22.7. The van der Waals surface area contributed by atoms with Crippen LogP contribution >= 0.6 is 11.3 Å². The van der Waals surface area contributed by atoms with Crippen LogP contribution in [0, 0.1) is 6.92 Å². The summed E-state index contributed by atoms with van der Waals surface area (Å²) in [6.07, 6.45) is 0. The average molecular weight is 432 g/mol. The number of hydrogen-bond acceptors (Lipinski definition) is 5. The molecule has 0 N–H and O–H groups in total. The van der Waals surface area contributed by atoms with Crippen LogP contribution in [0.2, 0.25) is 0 Å². The van der Waals surface area contributed by atoms with Gasteiger partial charge >= 0.3 is 0 Å². The zero-order chi connectivity index (χ0) is 21.2. The van der Waals surface area contributed by atoms with Crippen LogP contribution in [-0.4, -0.2) is 55.2 Å². The van der Waals surface area contributed by atoms with Crippen molar-refractivity contribution in [2.24, 2.45) is 0 Å². The summed E-state index contributed by atoms with van der Waals surface area (Å²) in [7, 11) is 0. The molecule has 1 amide bonds. The summed E-state index contributed by atoms with van der Waals surface area (Å²) < 4.78 is 6.58. The van der Waals surface area contributed by atoms with E-state index in [2.05, 4.69) is 30.0 Å². The molecule has 0 saturated carbocycles. The van der Waals surface area contributed by atoms with Crippen LogP contribution in [0.15, 0.2) is 60.7 Å². The van der Waals surface area contributed by atoms with Gasteiger partial charge in [-0.3, -0.25) is 14.6 Å². The van der Waals surface area contributed by atoms with Crippen LogP contribution in [0.25, 0.3) is 21.0 Å². The van der Waals surface area contributed by atoms with Gasteiger partial charge in [0.25, 0.3) is 5.91 Å². The van der Waals surface area contributed by atoms with Gasteiger partial charge in [-0.1, -0.05) is 53.8 Å². The molecule has 5 rings (SSSR count). The van der Waals surface area contributed by atoms with Gasteiger partial charge in [0, 0.05) is 31.7 Å². The molecule has 5 nitrogen and oxygen atoms in total. The molecule has 158 valence electrons. The SMILES string of the molecule is Cc1cccc2sc(N(CCN3CCOCC3)C(=O)c3ccc4ccccc4c3)nc12. The van der Waals surface area contributed by atoms with Gasteiger partial charge < -0.3 is 4.74 Å². The summed E-state index contributed by atoms with van der Waals surface area (Å²) in [6, 6.07) is 20.2. The number of aryl methyl sites for hydroxylation is 1. The van der Waals surface area contributed by atoms with Gasteiger partial charge in [-0.05, 0) is 41.5 Å². The third kappa shape index (κ3) is 4.19. The fourth-order valence-electron chi connectivity index (χ4n) is 4.02. The van der Waals surface area contributed by atoms with E-state index < -0.39 is 0 Å². The molecule has 0 aliphatic carbocycles. The highest BCUT2D eigenvalue weighted by molar-refractivity contribution is 7.22. The molecule has 0 spiro atoms. The van der Waals surface area contributed by atoms with Crippen LogP contribution in [0.3, 0.4) is 0 Å². The first-order valence-corrected chi connectivity index (χ1v) is 11.5. The van der Waals surface area contributed by atoms with E-state index in [-0.39, 0.29) is 5.91 Å². The lowest BCUT2D eigenvalue weighted by atomic mass is 10.1. The summed E-state index contributed by atoms with van der Waals surface area (Å²) in [5.74, 6) is -0.00396. The second-order valence-electron chi connectivity index (χ2n) is 7.89. The summed E-state index contributed by atoms with van der Waals surface area (Å²) in [5, 5.41) is 2.96. The molecule has 1 aliphatic heterocycles. The number of carbonyl (C=O) groups is 1. The molecular formula is C25H25N3O2S. The molecule has 0 radical (unpaired) electrons. The first-order valence-electron chi connectivity index (χ1n) is 10.7. The number of amides is 1. The number of aromatic nitrogens is 1. The number of hydrogen-bond donors (Lipinski definition) is 0. The van der Waals surface area contributed by atoms with E-state index in [4.69, 9.17) is 9.72 Å². The van der Waals surface area contributed by atoms with Gasteiger partial charge in [0.15, 0.2) is 5.13 Å². The molecular weight excluding hydrogens is 406 g/mol. The molecule has 0 bridgehead atoms. The van der Waals surface area contributed by atoms with Gasteiger partial charge in [0.2, 0.25) is 0 Å². The number of carbonyl (C=O) groups excluding carboxylic acids is 1. The zero-order valence-electron chi connectivity index (χ0n) is 17.6. The molecule has 1 fully saturated rings. The molecule has 1 aromatic heterocycles. The Kier molecular flexibility index (Phi) is 5.68. The van der Waals surface area contributed by atoms with Crippen molar-refractivity contribution in [2.45, 2.75) is 6.92 Å². The Morgan fingerprint density at radius 3 is 2.68 bits per heavy atom. The fourth-order valence-corrected chi connectivity index (χ4v) is 5.09. The van der Waals surface area contributed by atoms with Crippen molar-refractivity contribution in [2.75, 3.05) is 44.3 Å². The monoisotopic (exact) mass is 431 g/mol. The third-order valence-electron chi connectivity index (χ3n) is 5.83. The van der Waals surface area contributed by atoms with Gasteiger partial charge in [0.1, 0.15) is 0 Å². The number of anilines is 1. The van der Waals surface area contributed by atoms with Crippen LogP contribution in [0.5, 0.6) is 0 Å². The van der Waals surface area contributed by atoms with Gasteiger partial charge in [0.05, 0.1) is 23.4 Å². The molecule has 0 atom stereocenters. The topological polar surface area (TPSA) is 45.7 Å². The summed E-state index contributed by atoms with van der Waals surface area (Å²) in [5.41, 5.74) is 2.80. The van der Waals surface area contributed by atoms with Crippen LogP contribution in [0.1, 0.15) is 15.9 Å². The predicted octanol–water partition coefficient (Wildman–Crippen LogP) is 4.74. The number of para-hydroxylation sites is 1. The Hall–Kier alpha value is -2.80. The Labute approximate surface area is 185 Å². The highest BCUT2D eigenvalue weighted by atomic mass is 32.1. The maximum atomic E-state index is 13.7. The lowest BCUT2D eigenvalue weighted by Gasteiger charge is -2.29. The second kappa shape index (κ2) is 8.75. The molecule has 6 heteroatoms. The molecule has 2 heterocycles. The number of rotatable bonds is 5. The number of fused-ring (bicyclic) bond motifs is 2. The Bertz CT molecular complexity index is 1230. The smallest absolute Gasteiger partial charge is 0.260 e. The second-order valence-corrected chi connectivity index (χ2v) is 8.90. The van der Waals surface area contributed by atoms with Crippen molar-refractivity contribution in [1.29, 1.82) is 0 Å². The first-order chi connectivity index (χ1) is 15.2. The highest BCUT2D eigenvalue weighted by Gasteiger charge is 2.23. The highest BCUT2D eigenvalue weighted by Crippen LogP contribution is 2.31. The van der Waals surface area contributed by atoms with Crippen molar-refractivity contribution >= 4 is 43.4 Å². The van der Waals surface area contributed by atoms with Crippen LogP contribution in [0.4, 0.5) is 5.13 Å². The van der Waals surface area contributed by atoms with E-state index in [1.54, 1.807) is 11.3 Å². The molecule has 31 heavy (non-hydrogen) atoms. The maximum Gasteiger partial charge on any atom is 0.260 e. The first kappa shape index (κ1) is 20.1. The minimum absolute atomic E-state index is 0.00396. The summed E-state index contributed by atoms with van der Waals surface area (Å²) >= 11 is 1.58. The third-order valence-corrected chi connectivity index (χ3v) is 6.87. The average Bonchev–Trinajstić information content (AvgIpc) is 3.25. The molecule has 3 aromatic carbocycles. The maximum absolute atomic E-state index is 13.7. The number of benzene rings is 3. The normalized spacial score (nSPS) is 14.9. The quantitative estimate of drug-likeness (QED) is 0.458. The lowest BCUT2D eigenvalue weighted by Crippen LogP contribution is -2.43. The van der Waals surface area contributed by atoms with E-state index >= 15 is 0 Å². The minimum atomic E-state index is -0.00396. The molecule has 0 unspecified atom stereocenters. The number of thiazole rings is 1. The molecule has 1 saturated heterocycles. The van der Waals surface area contributed by atoms with Gasteiger partial charge in [-0.15, -0.1) is 0 Å². The van der Waals surface area contributed by atoms with Gasteiger partial charge in [-0.25, -0.2) is 4.98 Å². The molecule has 1 aliphatic rings. The van der Waals surface area contributed by atoms with Crippen molar-refractivity contribution < 1.29 is 9.53 Å². The number of morpholine rings is 1. The van der Waals surface area contributed by atoms with E-state index in [1.165, 1.54) is 0 Å². The van der Waals surface area contributed by atoms with E-state index in [0.29, 0.717) is 12.1 Å². The van der Waals surface area contributed by atoms with Crippen molar-refractivity contribution in [3.05, 3.63) is 71.8 Å². The standard InChI is InChI=1S/C25H25N3O2S/c1-18-5-4-8-22-23(18)26-25(31-22)28(12-11-27-13-15-30-16-14-27)24(29)21-10-9-19-6-2-3-7-20(19)17-21/h2-10,17H,11-16H2,1H3. The fraction of sp³-hybridized carbons (Fsp3) is 0.280. The zero-order valence-corrected chi connectivity index (χ0v) is 18.4. The minimum Gasteiger partial charge on any atom is -0.379 e. The largest absolute Gasteiger partial charge is 0.379 e. The Morgan fingerprint density at radius 1 is 1.06 bits per heavy atom. The molecule has 4 aromatic rings. The van der Waals surface area contributed by atoms with Crippen molar-refractivity contribution in [3.63, 3.8) is 0 Å². The predicted molar refractivity (Wildman–Crippen MR) is 127 cm³/mol. The van der Waals surface area contributed by atoms with Crippen molar-refractivity contribution in [3.8, 4) is 0 Å². The van der Waals surface area contributed by atoms with Crippen molar-refractivity contribution in [1.82, 2.24) is 9.88 Å². The Morgan fingerprint density at radius 2 is 1.87 bits per heavy atom. The Balaban J connectivity index is 1.49. The van der Waals surface area contributed by atoms with E-state index in [9.17, 15) is 4.79 Å². The lowest BCUT2D eigenvalue weighted by molar-refractivity contribution is 0.0391. The number of nitrogens with zero attached hydrogens (tertiary/aromatic N) is 3. The van der Waals surface area contributed by atoms with Crippen LogP contribution < -0.4 is 4.90 Å².